The van der Waals surface area contributed by atoms with Crippen LogP contribution in [0.4, 0.5) is 11.4 Å². The molecule has 0 unspecified atom stereocenters. The van der Waals surface area contributed by atoms with Crippen LogP contribution in [0.15, 0.2) is 53.4 Å². The summed E-state index contributed by atoms with van der Waals surface area (Å²) < 4.78 is 26.5. The molecular formula is C13H12N2O4S. The molecule has 7 heteroatoms. The minimum absolute atomic E-state index is 0.0778. The molecule has 0 saturated carbocycles. The van der Waals surface area contributed by atoms with Gasteiger partial charge >= 0.3 is 5.97 Å². The van der Waals surface area contributed by atoms with Crippen molar-refractivity contribution in [3.05, 3.63) is 54.1 Å². The lowest BCUT2D eigenvalue weighted by Gasteiger charge is -2.08. The van der Waals surface area contributed by atoms with Crippen molar-refractivity contribution < 1.29 is 18.3 Å². The number of nitrogens with one attached hydrogen (secondary N) is 1. The Morgan fingerprint density at radius 1 is 1.00 bits per heavy atom. The number of benzene rings is 2. The van der Waals surface area contributed by atoms with E-state index in [0.717, 1.165) is 0 Å². The lowest BCUT2D eigenvalue weighted by Crippen LogP contribution is -2.13. The number of anilines is 2. The van der Waals surface area contributed by atoms with Gasteiger partial charge in [-0.25, -0.2) is 13.2 Å². The zero-order chi connectivity index (χ0) is 14.8. The molecular weight excluding hydrogens is 280 g/mol. The number of rotatable bonds is 4. The molecule has 0 aliphatic carbocycles. The molecule has 0 atom stereocenters. The van der Waals surface area contributed by atoms with Crippen molar-refractivity contribution in [1.29, 1.82) is 0 Å². The summed E-state index contributed by atoms with van der Waals surface area (Å²) in [4.78, 5) is 10.8. The van der Waals surface area contributed by atoms with Gasteiger partial charge < -0.3 is 10.8 Å². The summed E-state index contributed by atoms with van der Waals surface area (Å²) in [5.41, 5.74) is 6.33. The zero-order valence-corrected chi connectivity index (χ0v) is 11.1. The van der Waals surface area contributed by atoms with E-state index >= 15 is 0 Å². The summed E-state index contributed by atoms with van der Waals surface area (Å²) in [5.74, 6) is -1.07. The molecule has 0 radical (unpaired) electrons. The minimum atomic E-state index is -3.72. The molecule has 2 aromatic carbocycles. The van der Waals surface area contributed by atoms with Gasteiger partial charge in [0.1, 0.15) is 0 Å². The molecule has 0 amide bonds. The van der Waals surface area contributed by atoms with E-state index in [4.69, 9.17) is 10.8 Å². The molecule has 6 nitrogen and oxygen atoms in total. The van der Waals surface area contributed by atoms with Crippen LogP contribution < -0.4 is 10.5 Å². The van der Waals surface area contributed by atoms with E-state index in [-0.39, 0.29) is 16.1 Å². The molecule has 2 aromatic rings. The van der Waals surface area contributed by atoms with Crippen molar-refractivity contribution in [3.63, 3.8) is 0 Å². The number of hydrogen-bond acceptors (Lipinski definition) is 4. The van der Waals surface area contributed by atoms with Gasteiger partial charge in [0.15, 0.2) is 0 Å². The van der Waals surface area contributed by atoms with Crippen molar-refractivity contribution >= 4 is 27.4 Å². The van der Waals surface area contributed by atoms with Crippen LogP contribution in [-0.2, 0) is 10.0 Å². The summed E-state index contributed by atoms with van der Waals surface area (Å²) in [5, 5.41) is 8.76. The van der Waals surface area contributed by atoms with Crippen LogP contribution >= 0.6 is 0 Å². The Kier molecular flexibility index (Phi) is 3.62. The highest BCUT2D eigenvalue weighted by molar-refractivity contribution is 7.92. The number of hydrogen-bond donors (Lipinski definition) is 3. The zero-order valence-electron chi connectivity index (χ0n) is 10.3. The summed E-state index contributed by atoms with van der Waals surface area (Å²) in [7, 11) is -3.72. The molecule has 104 valence electrons. The van der Waals surface area contributed by atoms with Crippen LogP contribution in [0.25, 0.3) is 0 Å². The quantitative estimate of drug-likeness (QED) is 0.744. The molecule has 0 fully saturated rings. The molecule has 0 aliphatic rings. The Hall–Kier alpha value is -2.54. The summed E-state index contributed by atoms with van der Waals surface area (Å²) in [6.07, 6.45) is 0. The Bertz CT molecular complexity index is 722. The highest BCUT2D eigenvalue weighted by Gasteiger charge is 2.14. The monoisotopic (exact) mass is 292 g/mol. The smallest absolute Gasteiger partial charge is 0.335 e. The lowest BCUT2D eigenvalue weighted by atomic mass is 10.2. The van der Waals surface area contributed by atoms with Crippen molar-refractivity contribution in [1.82, 2.24) is 0 Å². The molecule has 4 N–H and O–H groups in total. The topological polar surface area (TPSA) is 109 Å². The largest absolute Gasteiger partial charge is 0.478 e. The highest BCUT2D eigenvalue weighted by Crippen LogP contribution is 2.17. The predicted octanol–water partition coefficient (Wildman–Crippen LogP) is 1.77. The third kappa shape index (κ3) is 3.07. The van der Waals surface area contributed by atoms with E-state index in [0.29, 0.717) is 5.69 Å². The third-order valence-electron chi connectivity index (χ3n) is 2.57. The van der Waals surface area contributed by atoms with Crippen LogP contribution in [0.2, 0.25) is 0 Å². The third-order valence-corrected chi connectivity index (χ3v) is 3.97. The van der Waals surface area contributed by atoms with Gasteiger partial charge in [-0.2, -0.15) is 0 Å². The van der Waals surface area contributed by atoms with Gasteiger partial charge in [-0.15, -0.1) is 0 Å². The lowest BCUT2D eigenvalue weighted by molar-refractivity contribution is 0.0697. The maximum atomic E-state index is 12.1. The standard InChI is InChI=1S/C13H12N2O4S/c14-10-3-7-12(8-4-10)20(18,19)15-11-5-1-9(2-6-11)13(16)17/h1-8,15H,14H2,(H,16,17). The van der Waals surface area contributed by atoms with E-state index in [1.165, 1.54) is 48.5 Å². The van der Waals surface area contributed by atoms with E-state index in [2.05, 4.69) is 4.72 Å². The molecule has 0 heterocycles. The van der Waals surface area contributed by atoms with Gasteiger partial charge in [-0.05, 0) is 48.5 Å². The molecule has 0 aliphatic heterocycles. The summed E-state index contributed by atoms with van der Waals surface area (Å²) in [6, 6.07) is 11.2. The fraction of sp³-hybridized carbons (Fsp3) is 0. The van der Waals surface area contributed by atoms with Gasteiger partial charge in [0.2, 0.25) is 0 Å². The molecule has 0 bridgehead atoms. The van der Waals surface area contributed by atoms with E-state index in [1.54, 1.807) is 0 Å². The van der Waals surface area contributed by atoms with Crippen LogP contribution in [0.3, 0.4) is 0 Å². The second-order valence-corrected chi connectivity index (χ2v) is 5.74. The normalized spacial score (nSPS) is 11.0. The SMILES string of the molecule is Nc1ccc(S(=O)(=O)Nc2ccc(C(=O)O)cc2)cc1. The number of carboxylic acid groups (broad SMARTS) is 1. The molecule has 20 heavy (non-hydrogen) atoms. The number of nitrogens with two attached hydrogens (primary N) is 1. The first kappa shape index (κ1) is 13.9. The van der Waals surface area contributed by atoms with Gasteiger partial charge in [-0.3, -0.25) is 4.72 Å². The van der Waals surface area contributed by atoms with Crippen LogP contribution in [0, 0.1) is 0 Å². The molecule has 2 rings (SSSR count). The number of nitrogen functional groups attached to an aromatic ring is 1. The van der Waals surface area contributed by atoms with E-state index in [1.807, 2.05) is 0 Å². The van der Waals surface area contributed by atoms with Gasteiger partial charge in [-0.1, -0.05) is 0 Å². The van der Waals surface area contributed by atoms with Crippen molar-refractivity contribution in [2.45, 2.75) is 4.90 Å². The van der Waals surface area contributed by atoms with Crippen LogP contribution in [0.1, 0.15) is 10.4 Å². The Balaban J connectivity index is 2.24. The maximum Gasteiger partial charge on any atom is 0.335 e. The number of aromatic carboxylic acids is 1. The van der Waals surface area contributed by atoms with Crippen LogP contribution in [-0.4, -0.2) is 19.5 Å². The van der Waals surface area contributed by atoms with Crippen LogP contribution in [0.5, 0.6) is 0 Å². The van der Waals surface area contributed by atoms with Crippen molar-refractivity contribution in [2.24, 2.45) is 0 Å². The average Bonchev–Trinajstić information content (AvgIpc) is 2.39. The van der Waals surface area contributed by atoms with Crippen molar-refractivity contribution in [2.75, 3.05) is 10.5 Å². The van der Waals surface area contributed by atoms with Gasteiger partial charge in [0, 0.05) is 11.4 Å². The Morgan fingerprint density at radius 2 is 1.55 bits per heavy atom. The highest BCUT2D eigenvalue weighted by atomic mass is 32.2. The first-order chi connectivity index (χ1) is 9.38. The fourth-order valence-corrected chi connectivity index (χ4v) is 2.60. The maximum absolute atomic E-state index is 12.1. The van der Waals surface area contributed by atoms with Gasteiger partial charge in [0.25, 0.3) is 10.0 Å². The summed E-state index contributed by atoms with van der Waals surface area (Å²) in [6.45, 7) is 0. The van der Waals surface area contributed by atoms with Gasteiger partial charge in [0.05, 0.1) is 10.5 Å². The molecule has 0 saturated heterocycles. The first-order valence-electron chi connectivity index (χ1n) is 5.60. The summed E-state index contributed by atoms with van der Waals surface area (Å²) >= 11 is 0. The Morgan fingerprint density at radius 3 is 2.05 bits per heavy atom. The van der Waals surface area contributed by atoms with E-state index < -0.39 is 16.0 Å². The second kappa shape index (κ2) is 5.22. The molecule has 0 spiro atoms. The predicted molar refractivity (Wildman–Crippen MR) is 75.1 cm³/mol. The number of carboxylic acids is 1. The van der Waals surface area contributed by atoms with E-state index in [9.17, 15) is 13.2 Å². The van der Waals surface area contributed by atoms with Crippen molar-refractivity contribution in [3.8, 4) is 0 Å². The first-order valence-corrected chi connectivity index (χ1v) is 7.08. The fourth-order valence-electron chi connectivity index (χ4n) is 1.54. The average molecular weight is 292 g/mol. The Labute approximate surface area is 115 Å². The minimum Gasteiger partial charge on any atom is -0.478 e. The molecule has 0 aromatic heterocycles. The number of carbonyl (C=O) groups is 1. The second-order valence-electron chi connectivity index (χ2n) is 4.06. The number of sulfonamides is 1.